The van der Waals surface area contributed by atoms with Crippen LogP contribution >= 0.6 is 27.5 Å². The van der Waals surface area contributed by atoms with Crippen molar-refractivity contribution in [3.05, 3.63) is 33.3 Å². The number of nitrogens with zero attached hydrogens (tertiary/aromatic N) is 1. The van der Waals surface area contributed by atoms with Crippen LogP contribution in [0.15, 0.2) is 22.7 Å². The Kier molecular flexibility index (Phi) is 5.49. The van der Waals surface area contributed by atoms with Crippen molar-refractivity contribution in [3.63, 3.8) is 0 Å². The molecule has 0 radical (unpaired) electrons. The van der Waals surface area contributed by atoms with Gasteiger partial charge < -0.3 is 0 Å². The standard InChI is InChI=1S/C15H23BrClN3/c1-15(2,20-7-3-4-8-20)14(19-18)9-11-5-6-12(16)10-13(11)17/h5-6,10,14,19H,3-4,7-9,18H2,1-2H3. The Balaban J connectivity index is 2.15. The molecule has 1 heterocycles. The third kappa shape index (κ3) is 3.55. The number of rotatable bonds is 5. The number of hydrogen-bond donors (Lipinski definition) is 2. The molecule has 3 nitrogen and oxygen atoms in total. The van der Waals surface area contributed by atoms with Gasteiger partial charge in [0, 0.05) is 21.1 Å². The number of likely N-dealkylation sites (tertiary alicyclic amines) is 1. The smallest absolute Gasteiger partial charge is 0.0449 e. The van der Waals surface area contributed by atoms with Crippen molar-refractivity contribution in [2.45, 2.75) is 44.7 Å². The SMILES string of the molecule is CC(C)(C(Cc1ccc(Br)cc1Cl)NN)N1CCCC1. The Bertz CT molecular complexity index is 458. The summed E-state index contributed by atoms with van der Waals surface area (Å²) in [5.74, 6) is 5.83. The lowest BCUT2D eigenvalue weighted by Crippen LogP contribution is -2.59. The number of benzene rings is 1. The third-order valence-electron chi connectivity index (χ3n) is 4.41. The Labute approximate surface area is 135 Å². The molecule has 0 bridgehead atoms. The molecule has 1 aromatic rings. The van der Waals surface area contributed by atoms with Gasteiger partial charge in [-0.2, -0.15) is 0 Å². The first kappa shape index (κ1) is 16.2. The van der Waals surface area contributed by atoms with Gasteiger partial charge in [0.25, 0.3) is 0 Å². The lowest BCUT2D eigenvalue weighted by Gasteiger charge is -2.42. The highest BCUT2D eigenvalue weighted by atomic mass is 79.9. The van der Waals surface area contributed by atoms with Gasteiger partial charge in [-0.15, -0.1) is 0 Å². The van der Waals surface area contributed by atoms with Crippen LogP contribution in [0.4, 0.5) is 0 Å². The maximum absolute atomic E-state index is 6.33. The van der Waals surface area contributed by atoms with Crippen molar-refractivity contribution in [1.29, 1.82) is 0 Å². The molecule has 1 aliphatic heterocycles. The van der Waals surface area contributed by atoms with Crippen molar-refractivity contribution in [2.24, 2.45) is 5.84 Å². The molecule has 2 rings (SSSR count). The second kappa shape index (κ2) is 6.75. The zero-order chi connectivity index (χ0) is 14.8. The van der Waals surface area contributed by atoms with E-state index in [2.05, 4.69) is 46.2 Å². The summed E-state index contributed by atoms with van der Waals surface area (Å²) in [6.45, 7) is 6.82. The van der Waals surface area contributed by atoms with Gasteiger partial charge in [-0.25, -0.2) is 0 Å². The molecule has 3 N–H and O–H groups in total. The number of nitrogens with one attached hydrogen (secondary N) is 1. The molecular formula is C15H23BrClN3. The van der Waals surface area contributed by atoms with Crippen molar-refractivity contribution in [1.82, 2.24) is 10.3 Å². The van der Waals surface area contributed by atoms with E-state index in [0.29, 0.717) is 0 Å². The second-order valence-corrected chi connectivity index (χ2v) is 7.33. The van der Waals surface area contributed by atoms with E-state index in [0.717, 1.165) is 34.6 Å². The minimum atomic E-state index is 0.0155. The average Bonchev–Trinajstić information content (AvgIpc) is 2.92. The van der Waals surface area contributed by atoms with Crippen molar-refractivity contribution in [2.75, 3.05) is 13.1 Å². The molecule has 0 aromatic heterocycles. The number of hydrazine groups is 1. The minimum absolute atomic E-state index is 0.0155. The van der Waals surface area contributed by atoms with E-state index in [1.54, 1.807) is 0 Å². The topological polar surface area (TPSA) is 41.3 Å². The molecule has 5 heteroatoms. The maximum Gasteiger partial charge on any atom is 0.0449 e. The lowest BCUT2D eigenvalue weighted by atomic mass is 9.88. The van der Waals surface area contributed by atoms with Crippen LogP contribution in [0.25, 0.3) is 0 Å². The van der Waals surface area contributed by atoms with E-state index in [1.165, 1.54) is 12.8 Å². The first-order valence-electron chi connectivity index (χ1n) is 7.10. The fraction of sp³-hybridized carbons (Fsp3) is 0.600. The number of halogens is 2. The van der Waals surface area contributed by atoms with E-state index in [1.807, 2.05) is 12.1 Å². The van der Waals surface area contributed by atoms with Crippen LogP contribution in [-0.4, -0.2) is 29.6 Å². The van der Waals surface area contributed by atoms with Gasteiger partial charge in [0.15, 0.2) is 0 Å². The third-order valence-corrected chi connectivity index (χ3v) is 5.26. The van der Waals surface area contributed by atoms with Gasteiger partial charge in [-0.3, -0.25) is 16.2 Å². The monoisotopic (exact) mass is 359 g/mol. The quantitative estimate of drug-likeness (QED) is 0.625. The summed E-state index contributed by atoms with van der Waals surface area (Å²) in [5, 5.41) is 0.789. The van der Waals surface area contributed by atoms with Crippen molar-refractivity contribution < 1.29 is 0 Å². The van der Waals surface area contributed by atoms with Crippen LogP contribution in [0.3, 0.4) is 0 Å². The molecule has 1 unspecified atom stereocenters. The molecule has 1 atom stereocenters. The summed E-state index contributed by atoms with van der Waals surface area (Å²) in [6, 6.07) is 6.20. The summed E-state index contributed by atoms with van der Waals surface area (Å²) in [6.07, 6.45) is 3.38. The summed E-state index contributed by atoms with van der Waals surface area (Å²) in [7, 11) is 0. The van der Waals surface area contributed by atoms with Crippen LogP contribution in [0.1, 0.15) is 32.3 Å². The van der Waals surface area contributed by atoms with Crippen molar-refractivity contribution >= 4 is 27.5 Å². The van der Waals surface area contributed by atoms with Gasteiger partial charge >= 0.3 is 0 Å². The normalized spacial score (nSPS) is 18.4. The van der Waals surface area contributed by atoms with E-state index in [4.69, 9.17) is 17.4 Å². The largest absolute Gasteiger partial charge is 0.297 e. The van der Waals surface area contributed by atoms with Crippen LogP contribution in [0, 0.1) is 0 Å². The predicted molar refractivity (Wildman–Crippen MR) is 88.9 cm³/mol. The number of nitrogens with two attached hydrogens (primary N) is 1. The average molecular weight is 361 g/mol. The zero-order valence-corrected chi connectivity index (χ0v) is 14.5. The highest BCUT2D eigenvalue weighted by molar-refractivity contribution is 9.10. The molecule has 0 aliphatic carbocycles. The number of hydrogen-bond acceptors (Lipinski definition) is 3. The predicted octanol–water partition coefficient (Wildman–Crippen LogP) is 3.35. The lowest BCUT2D eigenvalue weighted by molar-refractivity contribution is 0.106. The first-order chi connectivity index (χ1) is 9.45. The van der Waals surface area contributed by atoms with E-state index < -0.39 is 0 Å². The molecule has 0 spiro atoms. The first-order valence-corrected chi connectivity index (χ1v) is 8.27. The molecule has 0 amide bonds. The van der Waals surface area contributed by atoms with Crippen molar-refractivity contribution in [3.8, 4) is 0 Å². The maximum atomic E-state index is 6.33. The van der Waals surface area contributed by atoms with E-state index in [9.17, 15) is 0 Å². The highest BCUT2D eigenvalue weighted by Gasteiger charge is 2.36. The molecule has 112 valence electrons. The minimum Gasteiger partial charge on any atom is -0.297 e. The molecular weight excluding hydrogens is 338 g/mol. The summed E-state index contributed by atoms with van der Waals surface area (Å²) < 4.78 is 1.00. The molecule has 1 saturated heterocycles. The van der Waals surface area contributed by atoms with Crippen LogP contribution in [-0.2, 0) is 6.42 Å². The van der Waals surface area contributed by atoms with Gasteiger partial charge in [0.05, 0.1) is 0 Å². The van der Waals surface area contributed by atoms with Crippen LogP contribution in [0.5, 0.6) is 0 Å². The zero-order valence-electron chi connectivity index (χ0n) is 12.1. The van der Waals surface area contributed by atoms with Gasteiger partial charge in [-0.05, 0) is 63.9 Å². The molecule has 1 aromatic carbocycles. The second-order valence-electron chi connectivity index (χ2n) is 6.01. The Morgan fingerprint density at radius 3 is 2.60 bits per heavy atom. The summed E-state index contributed by atoms with van der Waals surface area (Å²) >= 11 is 9.77. The van der Waals surface area contributed by atoms with Crippen LogP contribution in [0.2, 0.25) is 5.02 Å². The fourth-order valence-electron chi connectivity index (χ4n) is 2.93. The molecule has 1 fully saturated rings. The Morgan fingerprint density at radius 1 is 1.40 bits per heavy atom. The highest BCUT2D eigenvalue weighted by Crippen LogP contribution is 2.28. The van der Waals surface area contributed by atoms with Gasteiger partial charge in [0.2, 0.25) is 0 Å². The van der Waals surface area contributed by atoms with E-state index >= 15 is 0 Å². The molecule has 0 saturated carbocycles. The van der Waals surface area contributed by atoms with E-state index in [-0.39, 0.29) is 11.6 Å². The Morgan fingerprint density at radius 2 is 2.05 bits per heavy atom. The van der Waals surface area contributed by atoms with Gasteiger partial charge in [-0.1, -0.05) is 33.6 Å². The summed E-state index contributed by atoms with van der Waals surface area (Å²) in [4.78, 5) is 2.52. The molecule has 1 aliphatic rings. The molecule has 20 heavy (non-hydrogen) atoms. The summed E-state index contributed by atoms with van der Waals surface area (Å²) in [5.41, 5.74) is 4.14. The van der Waals surface area contributed by atoms with Gasteiger partial charge in [0.1, 0.15) is 0 Å². The fourth-order valence-corrected chi connectivity index (χ4v) is 3.68. The Hall–Kier alpha value is -0.130. The van der Waals surface area contributed by atoms with Crippen LogP contribution < -0.4 is 11.3 Å².